The van der Waals surface area contributed by atoms with Gasteiger partial charge in [-0.1, -0.05) is 48.5 Å². The zero-order chi connectivity index (χ0) is 23.7. The number of para-hydroxylation sites is 1. The molecule has 1 fully saturated rings. The Labute approximate surface area is 196 Å². The number of fused-ring (bicyclic) bond motifs is 2. The fourth-order valence-electron chi connectivity index (χ4n) is 4.03. The van der Waals surface area contributed by atoms with Crippen LogP contribution >= 0.6 is 0 Å². The minimum atomic E-state index is -3.68. The highest BCUT2D eigenvalue weighted by atomic mass is 32.2. The Morgan fingerprint density at radius 1 is 0.824 bits per heavy atom. The first kappa shape index (κ1) is 22.1. The van der Waals surface area contributed by atoms with Crippen molar-refractivity contribution in [1.29, 1.82) is 0 Å². The molecule has 9 heteroatoms. The summed E-state index contributed by atoms with van der Waals surface area (Å²) in [6.45, 7) is 0.325. The van der Waals surface area contributed by atoms with E-state index in [1.54, 1.807) is 36.4 Å². The molecule has 1 saturated heterocycles. The maximum Gasteiger partial charge on any atom is 0.374 e. The monoisotopic (exact) mass is 478 g/mol. The molecule has 0 bridgehead atoms. The van der Waals surface area contributed by atoms with Gasteiger partial charge in [0.15, 0.2) is 6.61 Å². The van der Waals surface area contributed by atoms with Crippen molar-refractivity contribution in [2.75, 3.05) is 32.8 Å². The molecule has 1 aromatic heterocycles. The number of furan rings is 1. The number of piperazine rings is 1. The van der Waals surface area contributed by atoms with Gasteiger partial charge in [-0.3, -0.25) is 4.79 Å². The summed E-state index contributed by atoms with van der Waals surface area (Å²) in [6.07, 6.45) is 0. The number of carbonyl (C=O) groups excluding carboxylic acids is 2. The van der Waals surface area contributed by atoms with E-state index >= 15 is 0 Å². The highest BCUT2D eigenvalue weighted by Crippen LogP contribution is 2.23. The molecule has 5 rings (SSSR count). The van der Waals surface area contributed by atoms with Gasteiger partial charge in [0.2, 0.25) is 15.8 Å². The smallest absolute Gasteiger partial charge is 0.374 e. The van der Waals surface area contributed by atoms with Crippen LogP contribution in [0.15, 0.2) is 82.1 Å². The van der Waals surface area contributed by atoms with Crippen LogP contribution in [0.2, 0.25) is 0 Å². The largest absolute Gasteiger partial charge is 0.450 e. The highest BCUT2D eigenvalue weighted by Gasteiger charge is 2.30. The lowest BCUT2D eigenvalue weighted by Gasteiger charge is -2.33. The molecule has 0 spiro atoms. The number of hydrogen-bond acceptors (Lipinski definition) is 6. The first-order valence-corrected chi connectivity index (χ1v) is 12.3. The van der Waals surface area contributed by atoms with E-state index < -0.39 is 22.6 Å². The second-order valence-electron chi connectivity index (χ2n) is 8.02. The lowest BCUT2D eigenvalue weighted by atomic mass is 10.1. The average Bonchev–Trinajstić information content (AvgIpc) is 3.31. The SMILES string of the molecule is O=C(OCC(=O)N1CCN(S(=O)(=O)c2ccc3ccccc3c2)CC1)c1cc2ccccc2o1. The molecule has 1 amide bonds. The van der Waals surface area contributed by atoms with E-state index in [0.717, 1.165) is 16.2 Å². The molecule has 0 N–H and O–H groups in total. The van der Waals surface area contributed by atoms with Crippen molar-refractivity contribution in [1.82, 2.24) is 9.21 Å². The van der Waals surface area contributed by atoms with Crippen LogP contribution in [0.1, 0.15) is 10.6 Å². The zero-order valence-electron chi connectivity index (χ0n) is 18.2. The summed E-state index contributed by atoms with van der Waals surface area (Å²) in [5.41, 5.74) is 0.560. The van der Waals surface area contributed by atoms with Crippen LogP contribution in [-0.4, -0.2) is 62.3 Å². The van der Waals surface area contributed by atoms with Gasteiger partial charge >= 0.3 is 5.97 Å². The lowest BCUT2D eigenvalue weighted by Crippen LogP contribution is -2.51. The van der Waals surface area contributed by atoms with Gasteiger partial charge < -0.3 is 14.1 Å². The summed E-state index contributed by atoms with van der Waals surface area (Å²) in [7, 11) is -3.68. The number of ether oxygens (including phenoxy) is 1. The van der Waals surface area contributed by atoms with Gasteiger partial charge in [-0.15, -0.1) is 0 Å². The van der Waals surface area contributed by atoms with Gasteiger partial charge in [0.05, 0.1) is 4.90 Å². The molecule has 4 aromatic rings. The number of rotatable bonds is 5. The third-order valence-electron chi connectivity index (χ3n) is 5.90. The minimum absolute atomic E-state index is 0.0281. The molecule has 0 atom stereocenters. The Kier molecular flexibility index (Phi) is 5.80. The Bertz CT molecular complexity index is 1450. The summed E-state index contributed by atoms with van der Waals surface area (Å²) >= 11 is 0. The number of sulfonamides is 1. The first-order chi connectivity index (χ1) is 16.4. The fourth-order valence-corrected chi connectivity index (χ4v) is 5.49. The van der Waals surface area contributed by atoms with E-state index in [0.29, 0.717) is 5.58 Å². The van der Waals surface area contributed by atoms with E-state index in [9.17, 15) is 18.0 Å². The normalized spacial score (nSPS) is 15.0. The fraction of sp³-hybridized carbons (Fsp3) is 0.200. The van der Waals surface area contributed by atoms with Crippen LogP contribution in [0.5, 0.6) is 0 Å². The van der Waals surface area contributed by atoms with Crippen molar-refractivity contribution in [3.05, 3.63) is 78.6 Å². The summed E-state index contributed by atoms with van der Waals surface area (Å²) in [5.74, 6) is -1.07. The topological polar surface area (TPSA) is 97.1 Å². The van der Waals surface area contributed by atoms with Gasteiger partial charge in [-0.25, -0.2) is 13.2 Å². The van der Waals surface area contributed by atoms with E-state index in [1.807, 2.05) is 36.4 Å². The number of nitrogens with zero attached hydrogens (tertiary/aromatic N) is 2. The summed E-state index contributed by atoms with van der Waals surface area (Å²) in [4.78, 5) is 26.5. The number of esters is 1. The molecular formula is C25H22N2O6S. The second kappa shape index (κ2) is 8.92. The number of amides is 1. The van der Waals surface area contributed by atoms with Gasteiger partial charge in [0.25, 0.3) is 5.91 Å². The van der Waals surface area contributed by atoms with Gasteiger partial charge in [0.1, 0.15) is 5.58 Å². The van der Waals surface area contributed by atoms with Crippen molar-refractivity contribution in [2.45, 2.75) is 4.90 Å². The number of carbonyl (C=O) groups is 2. The highest BCUT2D eigenvalue weighted by molar-refractivity contribution is 7.89. The molecule has 1 aliphatic heterocycles. The molecule has 34 heavy (non-hydrogen) atoms. The molecular weight excluding hydrogens is 456 g/mol. The van der Waals surface area contributed by atoms with Gasteiger partial charge in [0, 0.05) is 31.6 Å². The third-order valence-corrected chi connectivity index (χ3v) is 7.80. The standard InChI is InChI=1S/C25H22N2O6S/c28-24(17-32-25(29)23-16-20-7-3-4-8-22(20)33-23)26-11-13-27(14-12-26)34(30,31)21-10-9-18-5-1-2-6-19(18)15-21/h1-10,15-16H,11-14,17H2. The van der Waals surface area contributed by atoms with E-state index in [1.165, 1.54) is 9.21 Å². The van der Waals surface area contributed by atoms with Crippen LogP contribution in [0, 0.1) is 0 Å². The van der Waals surface area contributed by atoms with E-state index in [4.69, 9.17) is 9.15 Å². The van der Waals surface area contributed by atoms with E-state index in [2.05, 4.69) is 0 Å². The van der Waals surface area contributed by atoms with Crippen molar-refractivity contribution in [2.24, 2.45) is 0 Å². The maximum atomic E-state index is 13.1. The third kappa shape index (κ3) is 4.27. The Hall–Kier alpha value is -3.69. The Morgan fingerprint density at radius 2 is 1.50 bits per heavy atom. The Balaban J connectivity index is 1.18. The van der Waals surface area contributed by atoms with Crippen LogP contribution < -0.4 is 0 Å². The molecule has 0 unspecified atom stereocenters. The summed E-state index contributed by atoms with van der Waals surface area (Å²) in [6, 6.07) is 21.4. The molecule has 0 saturated carbocycles. The van der Waals surface area contributed by atoms with Crippen LogP contribution in [0.25, 0.3) is 21.7 Å². The van der Waals surface area contributed by atoms with Crippen molar-refractivity contribution in [3.63, 3.8) is 0 Å². The van der Waals surface area contributed by atoms with Crippen LogP contribution in [0.4, 0.5) is 0 Å². The van der Waals surface area contributed by atoms with E-state index in [-0.39, 0.29) is 42.7 Å². The molecule has 0 radical (unpaired) electrons. The summed E-state index contributed by atoms with van der Waals surface area (Å²) in [5, 5.41) is 2.59. The summed E-state index contributed by atoms with van der Waals surface area (Å²) < 4.78 is 38.1. The predicted octanol–water partition coefficient (Wildman–Crippen LogP) is 3.28. The lowest BCUT2D eigenvalue weighted by molar-refractivity contribution is -0.135. The molecule has 0 aliphatic carbocycles. The molecule has 3 aromatic carbocycles. The molecule has 1 aliphatic rings. The molecule has 174 valence electrons. The number of benzene rings is 3. The van der Waals surface area contributed by atoms with Gasteiger partial charge in [-0.05, 0) is 35.0 Å². The van der Waals surface area contributed by atoms with Crippen LogP contribution in [-0.2, 0) is 19.6 Å². The van der Waals surface area contributed by atoms with Crippen molar-refractivity contribution < 1.29 is 27.2 Å². The maximum absolute atomic E-state index is 13.1. The van der Waals surface area contributed by atoms with Crippen molar-refractivity contribution >= 4 is 43.6 Å². The Morgan fingerprint density at radius 3 is 2.24 bits per heavy atom. The molecule has 2 heterocycles. The van der Waals surface area contributed by atoms with Crippen molar-refractivity contribution in [3.8, 4) is 0 Å². The quantitative estimate of drug-likeness (QED) is 0.409. The first-order valence-electron chi connectivity index (χ1n) is 10.8. The minimum Gasteiger partial charge on any atom is -0.450 e. The number of hydrogen-bond donors (Lipinski definition) is 0. The van der Waals surface area contributed by atoms with Gasteiger partial charge in [-0.2, -0.15) is 4.31 Å². The second-order valence-corrected chi connectivity index (χ2v) is 9.96. The predicted molar refractivity (Wildman–Crippen MR) is 126 cm³/mol. The average molecular weight is 479 g/mol. The zero-order valence-corrected chi connectivity index (χ0v) is 19.0. The van der Waals surface area contributed by atoms with Crippen LogP contribution in [0.3, 0.4) is 0 Å². The molecule has 8 nitrogen and oxygen atoms in total.